The highest BCUT2D eigenvalue weighted by molar-refractivity contribution is 7.13. The number of ether oxygens (including phenoxy) is 1. The zero-order chi connectivity index (χ0) is 19.7. The van der Waals surface area contributed by atoms with Gasteiger partial charge in [-0.1, -0.05) is 12.1 Å². The topological polar surface area (TPSA) is 69.0 Å². The molecule has 0 radical (unpaired) electrons. The highest BCUT2D eigenvalue weighted by atomic mass is 32.1. The molecule has 0 fully saturated rings. The van der Waals surface area contributed by atoms with E-state index in [4.69, 9.17) is 4.74 Å². The van der Waals surface area contributed by atoms with Gasteiger partial charge in [0.2, 0.25) is 5.91 Å². The van der Waals surface area contributed by atoms with Crippen LogP contribution in [0.2, 0.25) is 0 Å². The second kappa shape index (κ2) is 7.44. The van der Waals surface area contributed by atoms with Crippen LogP contribution < -0.4 is 10.1 Å². The van der Waals surface area contributed by atoms with Crippen molar-refractivity contribution < 1.29 is 9.53 Å². The number of aromatic nitrogens is 3. The van der Waals surface area contributed by atoms with Crippen LogP contribution in [0.4, 0.5) is 5.69 Å². The number of hydrogen-bond donors (Lipinski definition) is 1. The number of fused-ring (bicyclic) bond motifs is 1. The molecule has 0 saturated heterocycles. The average Bonchev–Trinajstić information content (AvgIpc) is 3.31. The molecule has 0 bridgehead atoms. The van der Waals surface area contributed by atoms with Gasteiger partial charge in [-0.3, -0.25) is 4.79 Å². The van der Waals surface area contributed by atoms with E-state index >= 15 is 0 Å². The van der Waals surface area contributed by atoms with Crippen LogP contribution in [0.1, 0.15) is 11.3 Å². The summed E-state index contributed by atoms with van der Waals surface area (Å²) < 4.78 is 6.99. The molecule has 0 aliphatic rings. The second-order valence-electron chi connectivity index (χ2n) is 6.53. The summed E-state index contributed by atoms with van der Waals surface area (Å²) in [4.78, 5) is 18.3. The predicted octanol–water partition coefficient (Wildman–Crippen LogP) is 4.42. The average molecular weight is 392 g/mol. The lowest BCUT2D eigenvalue weighted by Gasteiger charge is -2.11. The minimum atomic E-state index is -0.184. The molecule has 6 nitrogen and oxygen atoms in total. The van der Waals surface area contributed by atoms with E-state index in [1.807, 2.05) is 49.6 Å². The molecule has 4 aromatic rings. The number of carbonyl (C=O) groups is 1. The fraction of sp³-hybridized carbons (Fsp3) is 0.190. The van der Waals surface area contributed by atoms with Crippen molar-refractivity contribution in [3.05, 3.63) is 59.2 Å². The van der Waals surface area contributed by atoms with Gasteiger partial charge in [0.1, 0.15) is 12.3 Å². The van der Waals surface area contributed by atoms with Crippen LogP contribution in [0.15, 0.2) is 48.0 Å². The van der Waals surface area contributed by atoms with Crippen LogP contribution in [0.25, 0.3) is 21.5 Å². The van der Waals surface area contributed by atoms with Crippen molar-refractivity contribution in [2.75, 3.05) is 12.4 Å². The maximum atomic E-state index is 12.7. The number of carbonyl (C=O) groups excluding carboxylic acids is 1. The Labute approximate surface area is 166 Å². The number of rotatable bonds is 5. The number of benzene rings is 1. The normalized spacial score (nSPS) is 11.0. The number of amides is 1. The van der Waals surface area contributed by atoms with Crippen LogP contribution >= 0.6 is 11.3 Å². The predicted molar refractivity (Wildman–Crippen MR) is 112 cm³/mol. The molecular weight excluding hydrogens is 372 g/mol. The van der Waals surface area contributed by atoms with Crippen LogP contribution in [-0.4, -0.2) is 27.8 Å². The summed E-state index contributed by atoms with van der Waals surface area (Å²) in [6.45, 7) is 3.98. The van der Waals surface area contributed by atoms with Gasteiger partial charge in [-0.05, 0) is 49.1 Å². The number of hydrogen-bond acceptors (Lipinski definition) is 5. The summed E-state index contributed by atoms with van der Waals surface area (Å²) >= 11 is 1.67. The molecule has 0 saturated carbocycles. The number of nitrogens with zero attached hydrogens (tertiary/aromatic N) is 3. The SMILES string of the molecule is COc1ccc(C)cc1NC(=O)Cn1nc(C)c2c(-c3cccs3)ccnc21. The van der Waals surface area contributed by atoms with E-state index in [0.29, 0.717) is 17.1 Å². The Morgan fingerprint density at radius 3 is 2.86 bits per heavy atom. The van der Waals surface area contributed by atoms with Crippen LogP contribution in [-0.2, 0) is 11.3 Å². The second-order valence-corrected chi connectivity index (χ2v) is 7.48. The third-order valence-corrected chi connectivity index (χ3v) is 5.42. The first-order valence-electron chi connectivity index (χ1n) is 8.87. The Balaban J connectivity index is 1.65. The number of anilines is 1. The van der Waals surface area contributed by atoms with Crippen molar-refractivity contribution in [3.63, 3.8) is 0 Å². The summed E-state index contributed by atoms with van der Waals surface area (Å²) in [6, 6.07) is 11.8. The molecule has 7 heteroatoms. The molecule has 1 amide bonds. The molecule has 1 N–H and O–H groups in total. The Morgan fingerprint density at radius 1 is 1.25 bits per heavy atom. The molecule has 4 rings (SSSR count). The maximum Gasteiger partial charge on any atom is 0.246 e. The van der Waals surface area contributed by atoms with Gasteiger partial charge in [-0.2, -0.15) is 5.10 Å². The van der Waals surface area contributed by atoms with Crippen molar-refractivity contribution >= 4 is 34.0 Å². The molecule has 0 atom stereocenters. The minimum Gasteiger partial charge on any atom is -0.495 e. The zero-order valence-electron chi connectivity index (χ0n) is 15.9. The van der Waals surface area contributed by atoms with Gasteiger partial charge in [0.25, 0.3) is 0 Å². The third kappa shape index (κ3) is 3.36. The van der Waals surface area contributed by atoms with Crippen molar-refractivity contribution in [2.24, 2.45) is 0 Å². The van der Waals surface area contributed by atoms with E-state index in [0.717, 1.165) is 27.1 Å². The van der Waals surface area contributed by atoms with Crippen molar-refractivity contribution in [2.45, 2.75) is 20.4 Å². The number of nitrogens with one attached hydrogen (secondary N) is 1. The minimum absolute atomic E-state index is 0.0718. The smallest absolute Gasteiger partial charge is 0.246 e. The van der Waals surface area contributed by atoms with Crippen LogP contribution in [0, 0.1) is 13.8 Å². The first-order valence-corrected chi connectivity index (χ1v) is 9.75. The summed E-state index contributed by atoms with van der Waals surface area (Å²) in [7, 11) is 1.58. The van der Waals surface area contributed by atoms with E-state index < -0.39 is 0 Å². The molecule has 28 heavy (non-hydrogen) atoms. The van der Waals surface area contributed by atoms with Gasteiger partial charge in [0.05, 0.1) is 23.9 Å². The van der Waals surface area contributed by atoms with Gasteiger partial charge in [-0.15, -0.1) is 11.3 Å². The van der Waals surface area contributed by atoms with Crippen molar-refractivity contribution in [1.82, 2.24) is 14.8 Å². The van der Waals surface area contributed by atoms with Gasteiger partial charge < -0.3 is 10.1 Å². The summed E-state index contributed by atoms with van der Waals surface area (Å²) in [5, 5.41) is 10.5. The number of methoxy groups -OCH3 is 1. The van der Waals surface area contributed by atoms with E-state index in [2.05, 4.69) is 21.5 Å². The van der Waals surface area contributed by atoms with Crippen LogP contribution in [0.3, 0.4) is 0 Å². The van der Waals surface area contributed by atoms with E-state index in [9.17, 15) is 4.79 Å². The van der Waals surface area contributed by atoms with Gasteiger partial charge in [-0.25, -0.2) is 9.67 Å². The van der Waals surface area contributed by atoms with Gasteiger partial charge >= 0.3 is 0 Å². The lowest BCUT2D eigenvalue weighted by atomic mass is 10.1. The first-order chi connectivity index (χ1) is 13.6. The van der Waals surface area contributed by atoms with E-state index in [1.165, 1.54) is 0 Å². The lowest BCUT2D eigenvalue weighted by Crippen LogP contribution is -2.20. The monoisotopic (exact) mass is 392 g/mol. The zero-order valence-corrected chi connectivity index (χ0v) is 16.7. The van der Waals surface area contributed by atoms with Gasteiger partial charge in [0.15, 0.2) is 5.65 Å². The molecule has 3 aromatic heterocycles. The third-order valence-electron chi connectivity index (χ3n) is 4.52. The maximum absolute atomic E-state index is 12.7. The van der Waals surface area contributed by atoms with E-state index in [-0.39, 0.29) is 12.5 Å². The van der Waals surface area contributed by atoms with Crippen LogP contribution in [0.5, 0.6) is 5.75 Å². The fourth-order valence-electron chi connectivity index (χ4n) is 3.27. The quantitative estimate of drug-likeness (QED) is 0.546. The summed E-state index contributed by atoms with van der Waals surface area (Å²) in [5.41, 5.74) is 4.33. The van der Waals surface area contributed by atoms with E-state index in [1.54, 1.807) is 29.3 Å². The molecule has 0 spiro atoms. The largest absolute Gasteiger partial charge is 0.495 e. The first kappa shape index (κ1) is 18.2. The highest BCUT2D eigenvalue weighted by Crippen LogP contribution is 2.32. The number of thiophene rings is 1. The fourth-order valence-corrected chi connectivity index (χ4v) is 4.03. The number of aryl methyl sites for hydroxylation is 2. The van der Waals surface area contributed by atoms with Crippen molar-refractivity contribution in [3.8, 4) is 16.2 Å². The molecular formula is C21H20N4O2S. The Bertz CT molecular complexity index is 1150. The summed E-state index contributed by atoms with van der Waals surface area (Å²) in [6.07, 6.45) is 1.76. The summed E-state index contributed by atoms with van der Waals surface area (Å²) in [5.74, 6) is 0.440. The molecule has 1 aromatic carbocycles. The number of pyridine rings is 1. The standard InChI is InChI=1S/C21H20N4O2S/c1-13-6-7-17(27-3)16(11-13)23-19(26)12-25-21-20(14(2)24-25)15(8-9-22-21)18-5-4-10-28-18/h4-11H,12H2,1-3H3,(H,23,26). The highest BCUT2D eigenvalue weighted by Gasteiger charge is 2.17. The van der Waals surface area contributed by atoms with Gasteiger partial charge in [0, 0.05) is 16.6 Å². The Kier molecular flexibility index (Phi) is 4.83. The molecule has 0 unspecified atom stereocenters. The van der Waals surface area contributed by atoms with Crippen molar-refractivity contribution in [1.29, 1.82) is 0 Å². The Morgan fingerprint density at radius 2 is 2.11 bits per heavy atom. The lowest BCUT2D eigenvalue weighted by molar-refractivity contribution is -0.116. The molecule has 0 aliphatic carbocycles. The molecule has 0 aliphatic heterocycles. The Hall–Kier alpha value is -3.19. The molecule has 142 valence electrons. The molecule has 3 heterocycles.